The molecule has 0 bridgehead atoms. The number of aryl methyl sites for hydroxylation is 2. The maximum absolute atomic E-state index is 13.7. The number of amides is 2. The van der Waals surface area contributed by atoms with Crippen LogP contribution < -0.4 is 10.1 Å². The lowest BCUT2D eigenvalue weighted by Crippen LogP contribution is -2.53. The normalized spacial score (nSPS) is 12.5. The summed E-state index contributed by atoms with van der Waals surface area (Å²) in [5.74, 6) is 0.0763. The topological polar surface area (TPSA) is 58.6 Å². The van der Waals surface area contributed by atoms with Crippen LogP contribution in [-0.2, 0) is 22.6 Å². The van der Waals surface area contributed by atoms with Gasteiger partial charge in [-0.1, -0.05) is 72.6 Å². The van der Waals surface area contributed by atoms with Crippen LogP contribution in [-0.4, -0.2) is 35.4 Å². The van der Waals surface area contributed by atoms with Crippen LogP contribution in [0.15, 0.2) is 66.7 Å². The van der Waals surface area contributed by atoms with Crippen LogP contribution >= 0.6 is 23.2 Å². The Hall–Kier alpha value is -3.02. The second kappa shape index (κ2) is 13.5. The van der Waals surface area contributed by atoms with Crippen molar-refractivity contribution in [3.8, 4) is 5.75 Å². The summed E-state index contributed by atoms with van der Waals surface area (Å²) in [6.45, 7) is 7.83. The van der Waals surface area contributed by atoms with E-state index in [-0.39, 0.29) is 31.0 Å². The Balaban J connectivity index is 1.95. The largest absolute Gasteiger partial charge is 0.484 e. The van der Waals surface area contributed by atoms with Gasteiger partial charge in [-0.3, -0.25) is 9.59 Å². The van der Waals surface area contributed by atoms with Gasteiger partial charge in [0.15, 0.2) is 6.61 Å². The van der Waals surface area contributed by atoms with Gasteiger partial charge in [-0.15, -0.1) is 0 Å². The molecule has 2 atom stereocenters. The van der Waals surface area contributed by atoms with Gasteiger partial charge < -0.3 is 15.0 Å². The van der Waals surface area contributed by atoms with Crippen molar-refractivity contribution in [1.82, 2.24) is 10.2 Å². The highest BCUT2D eigenvalue weighted by atomic mass is 35.5. The summed E-state index contributed by atoms with van der Waals surface area (Å²) < 4.78 is 5.90. The van der Waals surface area contributed by atoms with E-state index in [1.165, 1.54) is 0 Å². The Bertz CT molecular complexity index is 1200. The number of benzene rings is 3. The van der Waals surface area contributed by atoms with Crippen molar-refractivity contribution in [1.29, 1.82) is 0 Å². The van der Waals surface area contributed by atoms with Crippen LogP contribution in [0.5, 0.6) is 5.75 Å². The molecule has 1 N–H and O–H groups in total. The van der Waals surface area contributed by atoms with Crippen molar-refractivity contribution < 1.29 is 14.3 Å². The zero-order chi connectivity index (χ0) is 26.9. The maximum atomic E-state index is 13.7. The van der Waals surface area contributed by atoms with E-state index in [1.54, 1.807) is 23.1 Å². The first-order chi connectivity index (χ1) is 17.7. The van der Waals surface area contributed by atoms with E-state index in [1.807, 2.05) is 76.2 Å². The standard InChI is InChI=1S/C30H34Cl2N2O3/c1-5-22(4)33-30(36)28(16-23-9-7-6-8-10-23)34(18-24-11-12-25(31)17-27(24)32)29(35)19-37-26-14-20(2)13-21(3)15-26/h6-15,17,22,28H,5,16,18-19H2,1-4H3,(H,33,36). The number of carbonyl (C=O) groups is 2. The van der Waals surface area contributed by atoms with Gasteiger partial charge >= 0.3 is 0 Å². The Morgan fingerprint density at radius 3 is 2.27 bits per heavy atom. The fourth-order valence-electron chi connectivity index (χ4n) is 4.07. The van der Waals surface area contributed by atoms with Crippen molar-refractivity contribution >= 4 is 35.0 Å². The Morgan fingerprint density at radius 2 is 1.65 bits per heavy atom. The van der Waals surface area contributed by atoms with Gasteiger partial charge in [0.05, 0.1) is 0 Å². The Labute approximate surface area is 229 Å². The number of hydrogen-bond acceptors (Lipinski definition) is 3. The molecule has 7 heteroatoms. The summed E-state index contributed by atoms with van der Waals surface area (Å²) in [7, 11) is 0. The van der Waals surface area contributed by atoms with Gasteiger partial charge in [-0.2, -0.15) is 0 Å². The molecule has 0 radical (unpaired) electrons. The number of rotatable bonds is 11. The molecule has 5 nitrogen and oxygen atoms in total. The number of nitrogens with zero attached hydrogens (tertiary/aromatic N) is 1. The zero-order valence-corrected chi connectivity index (χ0v) is 23.3. The summed E-state index contributed by atoms with van der Waals surface area (Å²) in [5, 5.41) is 3.99. The van der Waals surface area contributed by atoms with E-state index in [4.69, 9.17) is 27.9 Å². The van der Waals surface area contributed by atoms with Gasteiger partial charge in [0.25, 0.3) is 5.91 Å². The second-order valence-corrected chi connectivity index (χ2v) is 10.2. The molecule has 0 aliphatic carbocycles. The molecule has 196 valence electrons. The molecule has 0 fully saturated rings. The second-order valence-electron chi connectivity index (χ2n) is 9.39. The lowest BCUT2D eigenvalue weighted by Gasteiger charge is -2.32. The fraction of sp³-hybridized carbons (Fsp3) is 0.333. The molecule has 0 aliphatic heterocycles. The quantitative estimate of drug-likeness (QED) is 0.300. The first-order valence-electron chi connectivity index (χ1n) is 12.4. The summed E-state index contributed by atoms with van der Waals surface area (Å²) in [5.41, 5.74) is 3.73. The average molecular weight is 542 g/mol. The van der Waals surface area contributed by atoms with Crippen LogP contribution in [0.3, 0.4) is 0 Å². The third-order valence-corrected chi connectivity index (χ3v) is 6.77. The molecule has 0 aliphatic rings. The van der Waals surface area contributed by atoms with Crippen molar-refractivity contribution in [2.45, 2.75) is 59.2 Å². The van der Waals surface area contributed by atoms with E-state index in [2.05, 4.69) is 5.32 Å². The molecule has 3 aromatic carbocycles. The summed E-state index contributed by atoms with van der Waals surface area (Å²) in [6, 6.07) is 19.8. The molecule has 0 heterocycles. The molecule has 2 amide bonds. The van der Waals surface area contributed by atoms with Crippen molar-refractivity contribution in [3.05, 3.63) is 99.0 Å². The minimum Gasteiger partial charge on any atom is -0.484 e. The third-order valence-electron chi connectivity index (χ3n) is 6.19. The van der Waals surface area contributed by atoms with E-state index in [9.17, 15) is 9.59 Å². The predicted octanol–water partition coefficient (Wildman–Crippen LogP) is 6.54. The zero-order valence-electron chi connectivity index (χ0n) is 21.8. The monoisotopic (exact) mass is 540 g/mol. The number of nitrogens with one attached hydrogen (secondary N) is 1. The van der Waals surface area contributed by atoms with Crippen LogP contribution in [0.2, 0.25) is 10.0 Å². The van der Waals surface area contributed by atoms with E-state index in [0.29, 0.717) is 27.8 Å². The molecule has 37 heavy (non-hydrogen) atoms. The van der Waals surface area contributed by atoms with E-state index in [0.717, 1.165) is 23.1 Å². The summed E-state index contributed by atoms with van der Waals surface area (Å²) >= 11 is 12.6. The number of hydrogen-bond donors (Lipinski definition) is 1. The van der Waals surface area contributed by atoms with Crippen LogP contribution in [0, 0.1) is 13.8 Å². The number of carbonyl (C=O) groups excluding carboxylic acids is 2. The molecule has 0 saturated carbocycles. The van der Waals surface area contributed by atoms with Gasteiger partial charge in [-0.25, -0.2) is 0 Å². The van der Waals surface area contributed by atoms with Gasteiger partial charge in [0, 0.05) is 29.1 Å². The lowest BCUT2D eigenvalue weighted by molar-refractivity contribution is -0.143. The van der Waals surface area contributed by atoms with Crippen molar-refractivity contribution in [3.63, 3.8) is 0 Å². The minimum atomic E-state index is -0.765. The van der Waals surface area contributed by atoms with Crippen molar-refractivity contribution in [2.75, 3.05) is 6.61 Å². The summed E-state index contributed by atoms with van der Waals surface area (Å²) in [6.07, 6.45) is 1.13. The first-order valence-corrected chi connectivity index (χ1v) is 13.2. The number of halogens is 2. The van der Waals surface area contributed by atoms with E-state index >= 15 is 0 Å². The first kappa shape index (κ1) is 28.5. The maximum Gasteiger partial charge on any atom is 0.261 e. The predicted molar refractivity (Wildman–Crippen MR) is 150 cm³/mol. The smallest absolute Gasteiger partial charge is 0.261 e. The molecular weight excluding hydrogens is 507 g/mol. The van der Waals surface area contributed by atoms with Crippen LogP contribution in [0.4, 0.5) is 0 Å². The summed E-state index contributed by atoms with van der Waals surface area (Å²) in [4.78, 5) is 28.8. The molecule has 3 aromatic rings. The highest BCUT2D eigenvalue weighted by Crippen LogP contribution is 2.24. The van der Waals surface area contributed by atoms with Crippen LogP contribution in [0.25, 0.3) is 0 Å². The van der Waals surface area contributed by atoms with Gasteiger partial charge in [-0.05, 0) is 73.7 Å². The fourth-order valence-corrected chi connectivity index (χ4v) is 4.54. The van der Waals surface area contributed by atoms with E-state index < -0.39 is 6.04 Å². The molecule has 0 spiro atoms. The van der Waals surface area contributed by atoms with Gasteiger partial charge in [0.2, 0.25) is 5.91 Å². The average Bonchev–Trinajstić information content (AvgIpc) is 2.85. The minimum absolute atomic E-state index is 0.0339. The molecule has 2 unspecified atom stereocenters. The molecule has 0 aromatic heterocycles. The Kier molecular flexibility index (Phi) is 10.4. The Morgan fingerprint density at radius 1 is 0.973 bits per heavy atom. The van der Waals surface area contributed by atoms with Gasteiger partial charge in [0.1, 0.15) is 11.8 Å². The van der Waals surface area contributed by atoms with Crippen molar-refractivity contribution in [2.24, 2.45) is 0 Å². The molecule has 0 saturated heterocycles. The van der Waals surface area contributed by atoms with Crippen LogP contribution in [0.1, 0.15) is 42.5 Å². The molecular formula is C30H34Cl2N2O3. The SMILES string of the molecule is CCC(C)NC(=O)C(Cc1ccccc1)N(Cc1ccc(Cl)cc1Cl)C(=O)COc1cc(C)cc(C)c1. The molecule has 3 rings (SSSR count). The number of ether oxygens (including phenoxy) is 1. The highest BCUT2D eigenvalue weighted by molar-refractivity contribution is 6.35. The lowest BCUT2D eigenvalue weighted by atomic mass is 10.0. The highest BCUT2D eigenvalue weighted by Gasteiger charge is 2.31. The third kappa shape index (κ3) is 8.51.